The predicted molar refractivity (Wildman–Crippen MR) is 82.4 cm³/mol. The molecular weight excluding hydrogens is 349 g/mol. The number of hydrogen-bond acceptors (Lipinski definition) is 6. The van der Waals surface area contributed by atoms with E-state index in [1.807, 2.05) is 0 Å². The first-order chi connectivity index (χ1) is 10.9. The monoisotopic (exact) mass is 363 g/mol. The smallest absolute Gasteiger partial charge is 0.331 e. The first-order valence-electron chi connectivity index (χ1n) is 6.47. The summed E-state index contributed by atoms with van der Waals surface area (Å²) in [4.78, 5) is 16.4. The lowest BCUT2D eigenvalue weighted by atomic mass is 10.3. The SMILES string of the molecule is COP(=O)(OC)N1CCN(Cc2ccc(Cl)nc2)/C1=N\[N+](=O)[O-]. The van der Waals surface area contributed by atoms with Crippen LogP contribution in [0.5, 0.6) is 0 Å². The minimum Gasteiger partial charge on any atom is -0.331 e. The van der Waals surface area contributed by atoms with Crippen molar-refractivity contribution in [2.24, 2.45) is 5.10 Å². The second kappa shape index (κ2) is 7.22. The van der Waals surface area contributed by atoms with E-state index >= 15 is 0 Å². The first-order valence-corrected chi connectivity index (χ1v) is 8.35. The molecule has 126 valence electrons. The second-order valence-electron chi connectivity index (χ2n) is 4.51. The molecule has 0 radical (unpaired) electrons. The van der Waals surface area contributed by atoms with Crippen molar-refractivity contribution in [1.82, 2.24) is 14.6 Å². The van der Waals surface area contributed by atoms with Gasteiger partial charge in [-0.05, 0) is 11.6 Å². The molecule has 0 bridgehead atoms. The van der Waals surface area contributed by atoms with Crippen LogP contribution in [0.25, 0.3) is 0 Å². The number of rotatable bonds is 6. The topological polar surface area (TPSA) is 110 Å². The van der Waals surface area contributed by atoms with Gasteiger partial charge in [0.15, 0.2) is 5.03 Å². The van der Waals surface area contributed by atoms with Crippen LogP contribution < -0.4 is 0 Å². The van der Waals surface area contributed by atoms with Gasteiger partial charge in [-0.1, -0.05) is 17.7 Å². The summed E-state index contributed by atoms with van der Waals surface area (Å²) in [6.07, 6.45) is 1.56. The minimum atomic E-state index is -3.67. The quantitative estimate of drug-likeness (QED) is 0.325. The van der Waals surface area contributed by atoms with Gasteiger partial charge in [0.25, 0.3) is 5.96 Å². The van der Waals surface area contributed by atoms with E-state index in [9.17, 15) is 14.7 Å². The van der Waals surface area contributed by atoms with E-state index in [-0.39, 0.29) is 12.5 Å². The van der Waals surface area contributed by atoms with Gasteiger partial charge in [-0.25, -0.2) is 24.3 Å². The fourth-order valence-corrected chi connectivity index (χ4v) is 3.52. The molecule has 0 unspecified atom stereocenters. The number of hydrazone groups is 1. The van der Waals surface area contributed by atoms with E-state index in [0.717, 1.165) is 5.56 Å². The predicted octanol–water partition coefficient (Wildman–Crippen LogP) is 1.80. The minimum absolute atomic E-state index is 0.0861. The van der Waals surface area contributed by atoms with Crippen molar-refractivity contribution < 1.29 is 18.6 Å². The summed E-state index contributed by atoms with van der Waals surface area (Å²) in [6, 6.07) is 3.36. The Morgan fingerprint density at radius 3 is 2.65 bits per heavy atom. The molecule has 0 spiro atoms. The zero-order chi connectivity index (χ0) is 17.0. The van der Waals surface area contributed by atoms with Crippen LogP contribution in [-0.4, -0.2) is 52.9 Å². The van der Waals surface area contributed by atoms with Crippen LogP contribution in [0, 0.1) is 10.1 Å². The number of guanidine groups is 1. The van der Waals surface area contributed by atoms with Gasteiger partial charge >= 0.3 is 7.75 Å². The highest BCUT2D eigenvalue weighted by atomic mass is 35.5. The third kappa shape index (κ3) is 3.97. The molecule has 0 aromatic carbocycles. The number of pyridine rings is 1. The summed E-state index contributed by atoms with van der Waals surface area (Å²) in [5, 5.41) is 13.6. The van der Waals surface area contributed by atoms with Crippen LogP contribution in [-0.2, 0) is 20.2 Å². The van der Waals surface area contributed by atoms with Gasteiger partial charge in [-0.2, -0.15) is 0 Å². The Hall–Kier alpha value is -1.74. The van der Waals surface area contributed by atoms with E-state index in [0.29, 0.717) is 18.2 Å². The summed E-state index contributed by atoms with van der Waals surface area (Å²) in [6.45, 7) is 0.874. The summed E-state index contributed by atoms with van der Waals surface area (Å²) in [5.41, 5.74) is 0.775. The fraction of sp³-hybridized carbons (Fsp3) is 0.455. The van der Waals surface area contributed by atoms with Gasteiger partial charge in [-0.15, -0.1) is 0 Å². The summed E-state index contributed by atoms with van der Waals surface area (Å²) >= 11 is 5.73. The Kier molecular flexibility index (Phi) is 5.53. The molecule has 1 fully saturated rings. The lowest BCUT2D eigenvalue weighted by Crippen LogP contribution is -2.33. The van der Waals surface area contributed by atoms with Crippen LogP contribution in [0.15, 0.2) is 23.4 Å². The standard InChI is InChI=1S/C11H15ClN5O5P/c1-21-23(20,22-2)16-6-5-15(11(16)14-17(18)19)8-9-3-4-10(12)13-7-9/h3-4,7H,5-6,8H2,1-2H3/b14-11+. The van der Waals surface area contributed by atoms with Crippen molar-refractivity contribution >= 4 is 25.3 Å². The van der Waals surface area contributed by atoms with Crippen LogP contribution in [0.4, 0.5) is 0 Å². The molecule has 12 heteroatoms. The zero-order valence-electron chi connectivity index (χ0n) is 12.5. The third-order valence-corrected chi connectivity index (χ3v) is 5.30. The molecular formula is C11H15ClN5O5P. The molecule has 2 rings (SSSR count). The highest BCUT2D eigenvalue weighted by molar-refractivity contribution is 7.52. The molecule has 1 saturated heterocycles. The molecule has 1 aliphatic rings. The molecule has 0 atom stereocenters. The number of nitrogens with zero attached hydrogens (tertiary/aromatic N) is 5. The Morgan fingerprint density at radius 1 is 1.43 bits per heavy atom. The van der Waals surface area contributed by atoms with E-state index < -0.39 is 12.8 Å². The van der Waals surface area contributed by atoms with Gasteiger partial charge in [-0.3, -0.25) is 9.05 Å². The van der Waals surface area contributed by atoms with E-state index in [1.165, 1.54) is 18.9 Å². The van der Waals surface area contributed by atoms with Gasteiger partial charge in [0.2, 0.25) is 0 Å². The van der Waals surface area contributed by atoms with Crippen molar-refractivity contribution in [1.29, 1.82) is 0 Å². The van der Waals surface area contributed by atoms with Crippen molar-refractivity contribution in [3.8, 4) is 0 Å². The van der Waals surface area contributed by atoms with Gasteiger partial charge in [0.1, 0.15) is 10.3 Å². The molecule has 23 heavy (non-hydrogen) atoms. The maximum Gasteiger partial charge on any atom is 0.437 e. The van der Waals surface area contributed by atoms with Crippen LogP contribution in [0.3, 0.4) is 0 Å². The maximum atomic E-state index is 12.5. The Bertz CT molecular complexity index is 647. The first kappa shape index (κ1) is 17.6. The Labute approximate surface area is 137 Å². The van der Waals surface area contributed by atoms with Crippen molar-refractivity contribution in [3.05, 3.63) is 39.2 Å². The molecule has 1 aliphatic heterocycles. The Morgan fingerprint density at radius 2 is 2.13 bits per heavy atom. The normalized spacial score (nSPS) is 17.1. The van der Waals surface area contributed by atoms with Crippen molar-refractivity contribution in [2.45, 2.75) is 6.54 Å². The summed E-state index contributed by atoms with van der Waals surface area (Å²) < 4.78 is 23.5. The van der Waals surface area contributed by atoms with Crippen LogP contribution in [0.1, 0.15) is 5.56 Å². The van der Waals surface area contributed by atoms with E-state index in [2.05, 4.69) is 10.1 Å². The van der Waals surface area contributed by atoms with E-state index in [4.69, 9.17) is 20.6 Å². The average Bonchev–Trinajstić information content (AvgIpc) is 2.91. The maximum absolute atomic E-state index is 12.5. The molecule has 0 N–H and O–H groups in total. The number of nitro groups is 1. The van der Waals surface area contributed by atoms with Crippen LogP contribution in [0.2, 0.25) is 5.15 Å². The highest BCUT2D eigenvalue weighted by Crippen LogP contribution is 2.52. The number of halogens is 1. The van der Waals surface area contributed by atoms with Gasteiger partial charge in [0.05, 0.1) is 0 Å². The summed E-state index contributed by atoms with van der Waals surface area (Å²) in [7, 11) is -1.26. The van der Waals surface area contributed by atoms with Crippen molar-refractivity contribution in [3.63, 3.8) is 0 Å². The second-order valence-corrected chi connectivity index (χ2v) is 7.04. The molecule has 2 heterocycles. The van der Waals surface area contributed by atoms with Crippen molar-refractivity contribution in [2.75, 3.05) is 27.3 Å². The lowest BCUT2D eigenvalue weighted by Gasteiger charge is -2.25. The molecule has 10 nitrogen and oxygen atoms in total. The highest BCUT2D eigenvalue weighted by Gasteiger charge is 2.42. The van der Waals surface area contributed by atoms with E-state index in [1.54, 1.807) is 23.2 Å². The molecule has 0 aliphatic carbocycles. The van der Waals surface area contributed by atoms with Crippen LogP contribution >= 0.6 is 19.3 Å². The average molecular weight is 364 g/mol. The molecule has 1 aromatic heterocycles. The zero-order valence-corrected chi connectivity index (χ0v) is 14.1. The van der Waals surface area contributed by atoms with Gasteiger partial charge < -0.3 is 4.90 Å². The molecule has 0 amide bonds. The summed E-state index contributed by atoms with van der Waals surface area (Å²) in [5.74, 6) is -0.0861. The number of hydrogen-bond donors (Lipinski definition) is 0. The fourth-order valence-electron chi connectivity index (χ4n) is 2.14. The van der Waals surface area contributed by atoms with Gasteiger partial charge in [0, 0.05) is 40.1 Å². The Balaban J connectivity index is 2.28. The number of aromatic nitrogens is 1. The lowest BCUT2D eigenvalue weighted by molar-refractivity contribution is -0.486. The molecule has 0 saturated carbocycles. The third-order valence-electron chi connectivity index (χ3n) is 3.19. The largest absolute Gasteiger partial charge is 0.437 e. The molecule has 1 aromatic rings.